The van der Waals surface area contributed by atoms with E-state index in [9.17, 15) is 4.79 Å². The summed E-state index contributed by atoms with van der Waals surface area (Å²) >= 11 is 7.78. The largest absolute Gasteiger partial charge is 0.380 e. The minimum Gasteiger partial charge on any atom is -0.380 e. The summed E-state index contributed by atoms with van der Waals surface area (Å²) in [6.07, 6.45) is 3.95. The van der Waals surface area contributed by atoms with E-state index in [1.165, 1.54) is 11.3 Å². The fraction of sp³-hybridized carbons (Fsp3) is 0.318. The highest BCUT2D eigenvalue weighted by Crippen LogP contribution is 2.40. The van der Waals surface area contributed by atoms with Crippen molar-refractivity contribution in [1.29, 1.82) is 0 Å². The summed E-state index contributed by atoms with van der Waals surface area (Å²) in [5.74, 6) is -0.560. The van der Waals surface area contributed by atoms with Crippen LogP contribution >= 0.6 is 22.9 Å². The highest BCUT2D eigenvalue weighted by Gasteiger charge is 2.41. The van der Waals surface area contributed by atoms with Crippen molar-refractivity contribution < 1.29 is 9.53 Å². The van der Waals surface area contributed by atoms with E-state index in [-0.39, 0.29) is 5.69 Å². The van der Waals surface area contributed by atoms with E-state index in [1.807, 2.05) is 35.7 Å². The molecule has 2 aliphatic rings. The van der Waals surface area contributed by atoms with Crippen molar-refractivity contribution in [3.05, 3.63) is 52.6 Å². The van der Waals surface area contributed by atoms with E-state index >= 15 is 0 Å². The lowest BCUT2D eigenvalue weighted by Crippen LogP contribution is -2.51. The molecule has 8 heteroatoms. The third-order valence-corrected chi connectivity index (χ3v) is 7.20. The van der Waals surface area contributed by atoms with Crippen LogP contribution in [-0.2, 0) is 4.74 Å². The van der Waals surface area contributed by atoms with Crippen molar-refractivity contribution >= 4 is 34.5 Å². The highest BCUT2D eigenvalue weighted by molar-refractivity contribution is 7.13. The number of aromatic nitrogens is 2. The van der Waals surface area contributed by atoms with E-state index in [0.717, 1.165) is 56.1 Å². The highest BCUT2D eigenvalue weighted by atomic mass is 35.5. The van der Waals surface area contributed by atoms with Gasteiger partial charge in [0.05, 0.1) is 30.8 Å². The van der Waals surface area contributed by atoms with Crippen LogP contribution in [0.1, 0.15) is 23.3 Å². The molecule has 6 nitrogen and oxygen atoms in total. The second-order valence-corrected chi connectivity index (χ2v) is 9.22. The lowest BCUT2D eigenvalue weighted by atomic mass is 9.77. The zero-order valence-corrected chi connectivity index (χ0v) is 17.9. The molecule has 1 amide bonds. The minimum absolute atomic E-state index is 0.236. The fourth-order valence-electron chi connectivity index (χ4n) is 4.09. The second kappa shape index (κ2) is 7.65. The topological polar surface area (TPSA) is 81.3 Å². The van der Waals surface area contributed by atoms with E-state index in [2.05, 4.69) is 9.88 Å². The van der Waals surface area contributed by atoms with Crippen LogP contribution < -0.4 is 10.6 Å². The quantitative estimate of drug-likeness (QED) is 0.656. The smallest absolute Gasteiger partial charge is 0.268 e. The van der Waals surface area contributed by atoms with Gasteiger partial charge in [0.1, 0.15) is 10.7 Å². The number of nitrogens with two attached hydrogens (primary N) is 1. The summed E-state index contributed by atoms with van der Waals surface area (Å²) in [4.78, 5) is 23.5. The maximum Gasteiger partial charge on any atom is 0.268 e. The van der Waals surface area contributed by atoms with Gasteiger partial charge in [-0.2, -0.15) is 0 Å². The Kier molecular flexibility index (Phi) is 4.97. The first-order valence-electron chi connectivity index (χ1n) is 9.88. The zero-order valence-electron chi connectivity index (χ0n) is 16.3. The van der Waals surface area contributed by atoms with E-state index < -0.39 is 5.91 Å². The number of pyridine rings is 1. The number of piperidine rings is 1. The number of carbonyl (C=O) groups is 1. The van der Waals surface area contributed by atoms with Gasteiger partial charge < -0.3 is 15.4 Å². The average Bonchev–Trinajstić information content (AvgIpc) is 3.22. The van der Waals surface area contributed by atoms with Gasteiger partial charge in [-0.05, 0) is 25.0 Å². The van der Waals surface area contributed by atoms with Crippen LogP contribution in [0, 0.1) is 5.41 Å². The monoisotopic (exact) mass is 440 g/mol. The van der Waals surface area contributed by atoms with Crippen LogP contribution in [0.3, 0.4) is 0 Å². The Balaban J connectivity index is 1.47. The number of benzene rings is 1. The molecule has 2 N–H and O–H groups in total. The molecule has 1 spiro atoms. The first-order valence-corrected chi connectivity index (χ1v) is 11.1. The maximum atomic E-state index is 12.0. The summed E-state index contributed by atoms with van der Waals surface area (Å²) in [7, 11) is 0. The Labute approximate surface area is 183 Å². The van der Waals surface area contributed by atoms with Crippen molar-refractivity contribution in [3.63, 3.8) is 0 Å². The Morgan fingerprint density at radius 1 is 1.20 bits per heavy atom. The maximum absolute atomic E-state index is 12.0. The summed E-state index contributed by atoms with van der Waals surface area (Å²) < 4.78 is 5.42. The molecule has 0 radical (unpaired) electrons. The molecule has 2 aromatic heterocycles. The average molecular weight is 441 g/mol. The molecule has 3 aromatic rings. The molecule has 5 rings (SSSR count). The van der Waals surface area contributed by atoms with Crippen LogP contribution in [0.15, 0.2) is 41.9 Å². The number of rotatable bonds is 4. The molecule has 2 aliphatic heterocycles. The Hall–Kier alpha value is -2.48. The SMILES string of the molecule is NC(=O)c1ncc(N2CCC3(CC2)COC3)cc1-c1nc(-c2ccccc2Cl)cs1. The van der Waals surface area contributed by atoms with Crippen LogP contribution in [0.4, 0.5) is 5.69 Å². The molecule has 4 heterocycles. The molecular weight excluding hydrogens is 420 g/mol. The molecule has 0 atom stereocenters. The van der Waals surface area contributed by atoms with Gasteiger partial charge >= 0.3 is 0 Å². The van der Waals surface area contributed by atoms with Crippen LogP contribution in [0.2, 0.25) is 5.02 Å². The zero-order chi connectivity index (χ0) is 20.7. The first-order chi connectivity index (χ1) is 14.5. The second-order valence-electron chi connectivity index (χ2n) is 7.95. The standard InChI is InChI=1S/C22H21ClN4O2S/c23-17-4-2-1-3-15(17)18-11-30-21(26-18)16-9-14(10-25-19(16)20(24)28)27-7-5-22(6-8-27)12-29-13-22/h1-4,9-11H,5-8,12-13H2,(H2,24,28). The van der Waals surface area contributed by atoms with Crippen molar-refractivity contribution in [3.8, 4) is 21.8 Å². The summed E-state index contributed by atoms with van der Waals surface area (Å²) in [5, 5.41) is 3.28. The molecule has 2 saturated heterocycles. The Bertz CT molecular complexity index is 1100. The Morgan fingerprint density at radius 3 is 2.63 bits per heavy atom. The number of ether oxygens (including phenoxy) is 1. The molecule has 2 fully saturated rings. The molecule has 0 unspecified atom stereocenters. The molecule has 0 aliphatic carbocycles. The van der Waals surface area contributed by atoms with Gasteiger partial charge in [0.2, 0.25) is 0 Å². The van der Waals surface area contributed by atoms with Crippen molar-refractivity contribution in [2.75, 3.05) is 31.2 Å². The number of primary amides is 1. The van der Waals surface area contributed by atoms with Crippen LogP contribution in [0.25, 0.3) is 21.8 Å². The Morgan fingerprint density at radius 2 is 1.97 bits per heavy atom. The predicted octanol–water partition coefficient (Wildman–Crippen LogP) is 4.24. The number of nitrogens with zero attached hydrogens (tertiary/aromatic N) is 3. The summed E-state index contributed by atoms with van der Waals surface area (Å²) in [5.41, 5.74) is 9.48. The molecular formula is C22H21ClN4O2S. The van der Waals surface area contributed by atoms with E-state index in [4.69, 9.17) is 27.1 Å². The lowest BCUT2D eigenvalue weighted by Gasteiger charge is -2.47. The van der Waals surface area contributed by atoms with Crippen molar-refractivity contribution in [2.24, 2.45) is 11.1 Å². The van der Waals surface area contributed by atoms with Gasteiger partial charge in [0.15, 0.2) is 0 Å². The third kappa shape index (κ3) is 3.47. The van der Waals surface area contributed by atoms with Gasteiger partial charge in [-0.25, -0.2) is 9.97 Å². The summed E-state index contributed by atoms with van der Waals surface area (Å²) in [6.45, 7) is 3.63. The number of hydrogen-bond donors (Lipinski definition) is 1. The molecule has 30 heavy (non-hydrogen) atoms. The summed E-state index contributed by atoms with van der Waals surface area (Å²) in [6, 6.07) is 9.56. The van der Waals surface area contributed by atoms with E-state index in [1.54, 1.807) is 6.20 Å². The number of carbonyl (C=O) groups excluding carboxylic acids is 1. The van der Waals surface area contributed by atoms with Gasteiger partial charge in [-0.1, -0.05) is 29.8 Å². The van der Waals surface area contributed by atoms with Gasteiger partial charge in [0, 0.05) is 40.0 Å². The van der Waals surface area contributed by atoms with Crippen molar-refractivity contribution in [2.45, 2.75) is 12.8 Å². The van der Waals surface area contributed by atoms with E-state index in [0.29, 0.717) is 21.0 Å². The molecule has 0 saturated carbocycles. The molecule has 154 valence electrons. The number of thiazole rings is 1. The predicted molar refractivity (Wildman–Crippen MR) is 119 cm³/mol. The molecule has 0 bridgehead atoms. The molecule has 1 aromatic carbocycles. The lowest BCUT2D eigenvalue weighted by molar-refractivity contribution is -0.124. The fourth-order valence-corrected chi connectivity index (χ4v) is 5.16. The minimum atomic E-state index is -0.560. The number of hydrogen-bond acceptors (Lipinski definition) is 6. The normalized spacial score (nSPS) is 17.7. The number of amides is 1. The number of anilines is 1. The van der Waals surface area contributed by atoms with Gasteiger partial charge in [-0.3, -0.25) is 4.79 Å². The number of halogens is 1. The van der Waals surface area contributed by atoms with Crippen LogP contribution in [-0.4, -0.2) is 42.2 Å². The first kappa shape index (κ1) is 19.5. The van der Waals surface area contributed by atoms with Crippen LogP contribution in [0.5, 0.6) is 0 Å². The van der Waals surface area contributed by atoms with Gasteiger partial charge in [0.25, 0.3) is 5.91 Å². The third-order valence-electron chi connectivity index (χ3n) is 6.00. The van der Waals surface area contributed by atoms with Gasteiger partial charge in [-0.15, -0.1) is 11.3 Å². The van der Waals surface area contributed by atoms with Crippen molar-refractivity contribution in [1.82, 2.24) is 9.97 Å².